The fourth-order valence-corrected chi connectivity index (χ4v) is 2.66. The summed E-state index contributed by atoms with van der Waals surface area (Å²) in [4.78, 5) is 22.8. The van der Waals surface area contributed by atoms with E-state index in [-0.39, 0.29) is 5.69 Å². The third-order valence-electron chi connectivity index (χ3n) is 3.94. The molecule has 1 heterocycles. The van der Waals surface area contributed by atoms with Crippen molar-refractivity contribution in [3.63, 3.8) is 0 Å². The molecule has 6 N–H and O–H groups in total. The van der Waals surface area contributed by atoms with Crippen molar-refractivity contribution >= 4 is 17.2 Å². The number of anilines is 2. The quantitative estimate of drug-likeness (QED) is 0.328. The third kappa shape index (κ3) is 2.65. The normalized spacial score (nSPS) is 13.5. The molecule has 0 fully saturated rings. The lowest BCUT2D eigenvalue weighted by Crippen LogP contribution is -2.95. The Morgan fingerprint density at radius 1 is 0.960 bits per heavy atom. The minimum atomic E-state index is -0.871. The first-order chi connectivity index (χ1) is 12.1. The standard InChI is InChI=1S/C17H13N5O3/c23-14-13(15(24)16(14)25)18-12-7-10(9-4-2-1-3-5-9)6-11(8-12)17-19-21-22-20-17/h1-8,18,21-23H,(H,19,20)/p+1. The summed E-state index contributed by atoms with van der Waals surface area (Å²) in [6.45, 7) is 0. The van der Waals surface area contributed by atoms with Crippen molar-refractivity contribution in [3.05, 3.63) is 74.5 Å². The molecule has 0 amide bonds. The average Bonchev–Trinajstić information content (AvgIpc) is 3.20. The largest absolute Gasteiger partial charge is 0.502 e. The minimum Gasteiger partial charge on any atom is -0.502 e. The van der Waals surface area contributed by atoms with Gasteiger partial charge >= 0.3 is 0 Å². The lowest BCUT2D eigenvalue weighted by molar-refractivity contribution is -0.601. The number of aromatic hydroxyl groups is 1. The highest BCUT2D eigenvalue weighted by molar-refractivity contribution is 5.94. The van der Waals surface area contributed by atoms with E-state index < -0.39 is 16.6 Å². The van der Waals surface area contributed by atoms with Gasteiger partial charge in [0, 0.05) is 5.69 Å². The summed E-state index contributed by atoms with van der Waals surface area (Å²) in [6, 6.07) is 15.3. The van der Waals surface area contributed by atoms with Crippen LogP contribution in [0, 0.1) is 0 Å². The van der Waals surface area contributed by atoms with Gasteiger partial charge < -0.3 is 10.4 Å². The zero-order valence-electron chi connectivity index (χ0n) is 12.9. The second-order valence-electron chi connectivity index (χ2n) is 5.57. The van der Waals surface area contributed by atoms with Gasteiger partial charge in [0.2, 0.25) is 0 Å². The van der Waals surface area contributed by atoms with E-state index in [0.717, 1.165) is 16.7 Å². The number of nitrogens with one attached hydrogen (secondary N) is 3. The van der Waals surface area contributed by atoms with E-state index in [1.165, 1.54) is 0 Å². The number of hydrazine groups is 1. The van der Waals surface area contributed by atoms with Crippen LogP contribution in [0.4, 0.5) is 11.4 Å². The first-order valence-electron chi connectivity index (χ1n) is 7.55. The van der Waals surface area contributed by atoms with Crippen molar-refractivity contribution in [1.82, 2.24) is 11.1 Å². The monoisotopic (exact) mass is 336 g/mol. The number of nitrogens with two attached hydrogens (primary N) is 1. The van der Waals surface area contributed by atoms with Gasteiger partial charge in [0.15, 0.2) is 5.75 Å². The van der Waals surface area contributed by atoms with Crippen LogP contribution in [-0.4, -0.2) is 10.9 Å². The van der Waals surface area contributed by atoms with E-state index in [0.29, 0.717) is 11.5 Å². The molecule has 0 aromatic heterocycles. The number of hydrogen-bond acceptors (Lipinski definition) is 7. The Balaban J connectivity index is 1.79. The van der Waals surface area contributed by atoms with Gasteiger partial charge in [0.25, 0.3) is 16.7 Å². The van der Waals surface area contributed by atoms with Crippen LogP contribution in [0.25, 0.3) is 11.1 Å². The van der Waals surface area contributed by atoms with Crippen LogP contribution < -0.4 is 32.7 Å². The fourth-order valence-electron chi connectivity index (χ4n) is 2.66. The molecule has 3 aromatic carbocycles. The molecule has 0 saturated carbocycles. The number of nitrogens with zero attached hydrogens (tertiary/aromatic N) is 1. The van der Waals surface area contributed by atoms with Gasteiger partial charge in [-0.2, -0.15) is 11.0 Å². The maximum Gasteiger partial charge on any atom is 0.271 e. The lowest BCUT2D eigenvalue weighted by atomic mass is 10.0. The molecule has 4 rings (SSSR count). The van der Waals surface area contributed by atoms with Crippen LogP contribution in [0.3, 0.4) is 0 Å². The van der Waals surface area contributed by atoms with Gasteiger partial charge in [0.1, 0.15) is 5.69 Å². The van der Waals surface area contributed by atoms with E-state index >= 15 is 0 Å². The van der Waals surface area contributed by atoms with Crippen molar-refractivity contribution < 1.29 is 10.5 Å². The molecule has 0 bridgehead atoms. The molecule has 8 nitrogen and oxygen atoms in total. The first-order valence-corrected chi connectivity index (χ1v) is 7.55. The summed E-state index contributed by atoms with van der Waals surface area (Å²) in [7, 11) is 0. The minimum absolute atomic E-state index is 0.0882. The third-order valence-corrected chi connectivity index (χ3v) is 3.94. The molecular formula is C17H14N5O3+. The Kier molecular flexibility index (Phi) is 3.53. The van der Waals surface area contributed by atoms with Gasteiger partial charge in [-0.25, -0.2) is 0 Å². The molecule has 0 radical (unpaired) electrons. The topological polar surface area (TPSA) is 119 Å². The summed E-state index contributed by atoms with van der Waals surface area (Å²) in [5.41, 5.74) is 8.73. The Morgan fingerprint density at radius 2 is 1.72 bits per heavy atom. The van der Waals surface area contributed by atoms with E-state index in [9.17, 15) is 14.7 Å². The Labute approximate surface area is 141 Å². The molecule has 124 valence electrons. The van der Waals surface area contributed by atoms with E-state index in [1.807, 2.05) is 42.5 Å². The van der Waals surface area contributed by atoms with E-state index in [1.54, 1.807) is 11.5 Å². The van der Waals surface area contributed by atoms with Gasteiger partial charge in [-0.15, -0.1) is 5.10 Å². The van der Waals surface area contributed by atoms with Crippen LogP contribution in [0.1, 0.15) is 5.56 Å². The second kappa shape index (κ2) is 5.86. The number of hydrogen-bond donors (Lipinski definition) is 5. The Morgan fingerprint density at radius 3 is 2.40 bits per heavy atom. The molecule has 0 atom stereocenters. The molecule has 25 heavy (non-hydrogen) atoms. The predicted molar refractivity (Wildman–Crippen MR) is 92.9 cm³/mol. The SMILES string of the molecule is O=c1c(O)c(Nc2cc(C3=NNN[NH2+]3)cc(-c3ccccc3)c2)c1=O. The summed E-state index contributed by atoms with van der Waals surface area (Å²) in [6.07, 6.45) is 0. The van der Waals surface area contributed by atoms with Crippen LogP contribution in [0.2, 0.25) is 0 Å². The number of amidine groups is 1. The maximum atomic E-state index is 11.6. The zero-order chi connectivity index (χ0) is 17.4. The number of benzene rings is 2. The second-order valence-corrected chi connectivity index (χ2v) is 5.57. The van der Waals surface area contributed by atoms with Gasteiger partial charge in [-0.3, -0.25) is 9.59 Å². The highest BCUT2D eigenvalue weighted by atomic mass is 16.3. The van der Waals surface area contributed by atoms with Gasteiger partial charge in [0.05, 0.1) is 5.56 Å². The summed E-state index contributed by atoms with van der Waals surface area (Å²) >= 11 is 0. The van der Waals surface area contributed by atoms with Crippen molar-refractivity contribution in [3.8, 4) is 16.9 Å². The van der Waals surface area contributed by atoms with Crippen molar-refractivity contribution in [1.29, 1.82) is 0 Å². The van der Waals surface area contributed by atoms with E-state index in [4.69, 9.17) is 0 Å². The van der Waals surface area contributed by atoms with Gasteiger partial charge in [-0.1, -0.05) is 35.9 Å². The molecule has 0 aliphatic carbocycles. The molecule has 0 saturated heterocycles. The molecular weight excluding hydrogens is 322 g/mol. The van der Waals surface area contributed by atoms with Crippen molar-refractivity contribution in [2.24, 2.45) is 5.10 Å². The zero-order valence-corrected chi connectivity index (χ0v) is 12.9. The van der Waals surface area contributed by atoms with Crippen molar-refractivity contribution in [2.45, 2.75) is 0 Å². The van der Waals surface area contributed by atoms with Crippen LogP contribution in [0.5, 0.6) is 5.75 Å². The molecule has 1 aliphatic rings. The number of quaternary nitrogens is 1. The number of rotatable bonds is 4. The van der Waals surface area contributed by atoms with Crippen LogP contribution >= 0.6 is 0 Å². The Bertz CT molecular complexity index is 1050. The lowest BCUT2D eigenvalue weighted by Gasteiger charge is -2.12. The molecule has 0 spiro atoms. The van der Waals surface area contributed by atoms with Crippen LogP contribution in [-0.2, 0) is 0 Å². The smallest absolute Gasteiger partial charge is 0.271 e. The molecule has 3 aromatic rings. The predicted octanol–water partition coefficient (Wildman–Crippen LogP) is -0.353. The summed E-state index contributed by atoms with van der Waals surface area (Å²) in [5.74, 6) is 0.153. The van der Waals surface area contributed by atoms with Crippen LogP contribution in [0.15, 0.2) is 63.2 Å². The molecule has 0 unspecified atom stereocenters. The van der Waals surface area contributed by atoms with E-state index in [2.05, 4.69) is 21.5 Å². The Hall–Kier alpha value is -3.49. The average molecular weight is 336 g/mol. The highest BCUT2D eigenvalue weighted by Crippen LogP contribution is 2.28. The summed E-state index contributed by atoms with van der Waals surface area (Å²) < 4.78 is 0. The number of hydrazone groups is 1. The molecule has 8 heteroatoms. The van der Waals surface area contributed by atoms with Crippen molar-refractivity contribution in [2.75, 3.05) is 5.32 Å². The first kappa shape index (κ1) is 15.1. The summed E-state index contributed by atoms with van der Waals surface area (Å²) in [5, 5.41) is 16.5. The van der Waals surface area contributed by atoms with Gasteiger partial charge in [-0.05, 0) is 29.3 Å². The fraction of sp³-hybridized carbons (Fsp3) is 0. The highest BCUT2D eigenvalue weighted by Gasteiger charge is 2.21. The maximum absolute atomic E-state index is 11.6. The molecule has 1 aliphatic heterocycles.